The molecule has 3 aromatic rings. The van der Waals surface area contributed by atoms with E-state index in [2.05, 4.69) is 24.7 Å². The molecule has 10 heteroatoms. The van der Waals surface area contributed by atoms with Crippen LogP contribution in [0.4, 0.5) is 13.2 Å². The van der Waals surface area contributed by atoms with Crippen molar-refractivity contribution >= 4 is 11.6 Å². The van der Waals surface area contributed by atoms with Gasteiger partial charge in [0.25, 0.3) is 0 Å². The summed E-state index contributed by atoms with van der Waals surface area (Å²) in [5.41, 5.74) is 1.76. The molecule has 1 aromatic heterocycles. The molecule has 0 spiro atoms. The van der Waals surface area contributed by atoms with Crippen LogP contribution in [0.15, 0.2) is 52.9 Å². The van der Waals surface area contributed by atoms with Gasteiger partial charge in [-0.3, -0.25) is 9.80 Å². The predicted octanol–water partition coefficient (Wildman–Crippen LogP) is 4.61. The summed E-state index contributed by atoms with van der Waals surface area (Å²) in [6.07, 6.45) is -4.67. The minimum Gasteiger partial charge on any atom is -0.419 e. The summed E-state index contributed by atoms with van der Waals surface area (Å²) in [6.45, 7) is 4.55. The Hall–Kier alpha value is -2.62. The molecule has 1 saturated heterocycles. The molecule has 6 nitrogen and oxygen atoms in total. The molecule has 0 radical (unpaired) electrons. The first kappa shape index (κ1) is 21.6. The highest BCUT2D eigenvalue weighted by atomic mass is 35.5. The molecule has 0 atom stereocenters. The lowest BCUT2D eigenvalue weighted by molar-refractivity contribution is -0.274. The topological polar surface area (TPSA) is 54.6 Å². The van der Waals surface area contributed by atoms with Crippen molar-refractivity contribution in [1.82, 2.24) is 20.0 Å². The van der Waals surface area contributed by atoms with E-state index in [4.69, 9.17) is 16.0 Å². The van der Waals surface area contributed by atoms with Crippen molar-refractivity contribution in [2.45, 2.75) is 19.5 Å². The normalized spacial score (nSPS) is 15.9. The van der Waals surface area contributed by atoms with E-state index in [1.165, 1.54) is 12.1 Å². The molecule has 0 unspecified atom stereocenters. The number of halogens is 4. The SMILES string of the molecule is FC(F)(F)Oc1ccc(CN2CCN(Cc3nnc(-c4ccc(Cl)cc4)o3)CC2)cc1. The lowest BCUT2D eigenvalue weighted by atomic mass is 10.2. The van der Waals surface area contributed by atoms with Gasteiger partial charge in [-0.25, -0.2) is 0 Å². The zero-order valence-corrected chi connectivity index (χ0v) is 17.2. The van der Waals surface area contributed by atoms with E-state index in [0.29, 0.717) is 29.9 Å². The second kappa shape index (κ2) is 9.25. The fourth-order valence-corrected chi connectivity index (χ4v) is 3.50. The van der Waals surface area contributed by atoms with Crippen molar-refractivity contribution in [1.29, 1.82) is 0 Å². The van der Waals surface area contributed by atoms with Crippen LogP contribution in [0.25, 0.3) is 11.5 Å². The number of ether oxygens (including phenoxy) is 1. The number of piperazine rings is 1. The number of aromatic nitrogens is 2. The van der Waals surface area contributed by atoms with Crippen LogP contribution in [0, 0.1) is 0 Å². The molecule has 0 saturated carbocycles. The Morgan fingerprint density at radius 2 is 1.48 bits per heavy atom. The van der Waals surface area contributed by atoms with E-state index < -0.39 is 6.36 Å². The largest absolute Gasteiger partial charge is 0.573 e. The molecule has 164 valence electrons. The predicted molar refractivity (Wildman–Crippen MR) is 108 cm³/mol. The third kappa shape index (κ3) is 6.19. The Balaban J connectivity index is 1.25. The quantitative estimate of drug-likeness (QED) is 0.544. The highest BCUT2D eigenvalue weighted by Gasteiger charge is 2.31. The first-order valence-electron chi connectivity index (χ1n) is 9.72. The fraction of sp³-hybridized carbons (Fsp3) is 0.333. The van der Waals surface area contributed by atoms with Crippen molar-refractivity contribution in [2.24, 2.45) is 0 Å². The molecule has 0 amide bonds. The van der Waals surface area contributed by atoms with Crippen molar-refractivity contribution in [3.8, 4) is 17.2 Å². The Morgan fingerprint density at radius 1 is 0.871 bits per heavy atom. The van der Waals surface area contributed by atoms with E-state index in [1.807, 2.05) is 12.1 Å². The van der Waals surface area contributed by atoms with E-state index in [-0.39, 0.29) is 5.75 Å². The molecule has 31 heavy (non-hydrogen) atoms. The lowest BCUT2D eigenvalue weighted by Gasteiger charge is -2.33. The molecule has 2 heterocycles. The van der Waals surface area contributed by atoms with Crippen molar-refractivity contribution < 1.29 is 22.3 Å². The highest BCUT2D eigenvalue weighted by molar-refractivity contribution is 6.30. The number of benzene rings is 2. The second-order valence-electron chi connectivity index (χ2n) is 7.25. The number of nitrogens with zero attached hydrogens (tertiary/aromatic N) is 4. The summed E-state index contributed by atoms with van der Waals surface area (Å²) in [6, 6.07) is 13.2. The standard InChI is InChI=1S/C21H20ClF3N4O2/c22-17-5-3-16(4-6-17)20-27-26-19(30-20)14-29-11-9-28(10-12-29)13-15-1-7-18(8-2-15)31-21(23,24)25/h1-8H,9-14H2. The molecule has 2 aromatic carbocycles. The summed E-state index contributed by atoms with van der Waals surface area (Å²) >= 11 is 5.90. The fourth-order valence-electron chi connectivity index (χ4n) is 3.38. The van der Waals surface area contributed by atoms with Gasteiger partial charge in [-0.05, 0) is 42.0 Å². The van der Waals surface area contributed by atoms with Gasteiger partial charge in [0.15, 0.2) is 0 Å². The van der Waals surface area contributed by atoms with E-state index in [9.17, 15) is 13.2 Å². The van der Waals surface area contributed by atoms with Gasteiger partial charge in [-0.2, -0.15) is 0 Å². The van der Waals surface area contributed by atoms with Gasteiger partial charge in [-0.15, -0.1) is 23.4 Å². The summed E-state index contributed by atoms with van der Waals surface area (Å²) in [5.74, 6) is 0.806. The van der Waals surface area contributed by atoms with Gasteiger partial charge >= 0.3 is 6.36 Å². The van der Waals surface area contributed by atoms with Gasteiger partial charge < -0.3 is 9.15 Å². The second-order valence-corrected chi connectivity index (χ2v) is 7.69. The van der Waals surface area contributed by atoms with E-state index in [0.717, 1.165) is 37.3 Å². The van der Waals surface area contributed by atoms with Gasteiger partial charge in [0.1, 0.15) is 5.75 Å². The van der Waals surface area contributed by atoms with Crippen LogP contribution in [0.3, 0.4) is 0 Å². The van der Waals surface area contributed by atoms with Crippen LogP contribution in [0.5, 0.6) is 5.75 Å². The van der Waals surface area contributed by atoms with Gasteiger partial charge in [0.05, 0.1) is 6.54 Å². The Bertz CT molecular complexity index is 985. The maximum atomic E-state index is 12.3. The van der Waals surface area contributed by atoms with Gasteiger partial charge in [0, 0.05) is 43.3 Å². The Morgan fingerprint density at radius 3 is 2.10 bits per heavy atom. The minimum atomic E-state index is -4.67. The number of alkyl halides is 3. The average Bonchev–Trinajstić information content (AvgIpc) is 3.19. The van der Waals surface area contributed by atoms with Crippen LogP contribution in [0.2, 0.25) is 5.02 Å². The summed E-state index contributed by atoms with van der Waals surface area (Å²) < 4.78 is 46.4. The zero-order valence-electron chi connectivity index (χ0n) is 16.5. The molecular formula is C21H20ClF3N4O2. The third-order valence-electron chi connectivity index (χ3n) is 4.94. The average molecular weight is 453 g/mol. The van der Waals surface area contributed by atoms with Crippen molar-refractivity contribution in [3.05, 3.63) is 65.0 Å². The van der Waals surface area contributed by atoms with Gasteiger partial charge in [0.2, 0.25) is 11.8 Å². The van der Waals surface area contributed by atoms with Crippen LogP contribution in [-0.2, 0) is 13.1 Å². The number of hydrogen-bond donors (Lipinski definition) is 0. The molecule has 1 fully saturated rings. The molecule has 0 N–H and O–H groups in total. The third-order valence-corrected chi connectivity index (χ3v) is 5.20. The van der Waals surface area contributed by atoms with E-state index in [1.54, 1.807) is 24.3 Å². The molecule has 0 aliphatic carbocycles. The van der Waals surface area contributed by atoms with Gasteiger partial charge in [-0.1, -0.05) is 23.7 Å². The first-order chi connectivity index (χ1) is 14.8. The maximum absolute atomic E-state index is 12.3. The molecule has 1 aliphatic rings. The maximum Gasteiger partial charge on any atom is 0.573 e. The van der Waals surface area contributed by atoms with Crippen LogP contribution in [-0.4, -0.2) is 52.5 Å². The number of hydrogen-bond acceptors (Lipinski definition) is 6. The van der Waals surface area contributed by atoms with Crippen molar-refractivity contribution in [3.63, 3.8) is 0 Å². The zero-order chi connectivity index (χ0) is 21.8. The Kier molecular flexibility index (Phi) is 6.45. The minimum absolute atomic E-state index is 0.210. The highest BCUT2D eigenvalue weighted by Crippen LogP contribution is 2.24. The summed E-state index contributed by atoms with van der Waals surface area (Å²) in [4.78, 5) is 4.49. The number of rotatable bonds is 6. The molecule has 0 bridgehead atoms. The molecule has 4 rings (SSSR count). The summed E-state index contributed by atoms with van der Waals surface area (Å²) in [5, 5.41) is 8.88. The molecule has 1 aliphatic heterocycles. The van der Waals surface area contributed by atoms with E-state index >= 15 is 0 Å². The molecular weight excluding hydrogens is 433 g/mol. The van der Waals surface area contributed by atoms with Crippen LogP contribution < -0.4 is 4.74 Å². The summed E-state index contributed by atoms with van der Waals surface area (Å²) in [7, 11) is 0. The smallest absolute Gasteiger partial charge is 0.419 e. The monoisotopic (exact) mass is 452 g/mol. The Labute approximate surface area is 182 Å². The first-order valence-corrected chi connectivity index (χ1v) is 10.1. The van der Waals surface area contributed by atoms with Crippen LogP contribution in [0.1, 0.15) is 11.5 Å². The lowest BCUT2D eigenvalue weighted by Crippen LogP contribution is -2.45. The van der Waals surface area contributed by atoms with Crippen LogP contribution >= 0.6 is 11.6 Å². The van der Waals surface area contributed by atoms with Crippen molar-refractivity contribution in [2.75, 3.05) is 26.2 Å².